The Morgan fingerprint density at radius 3 is 1.11 bits per heavy atom. The van der Waals surface area contributed by atoms with Gasteiger partial charge in [-0.05, 0) is 129 Å². The molecule has 0 bridgehead atoms. The van der Waals surface area contributed by atoms with Crippen LogP contribution in [0.2, 0.25) is 0 Å². The van der Waals surface area contributed by atoms with Crippen LogP contribution < -0.4 is 5.46 Å². The van der Waals surface area contributed by atoms with E-state index in [9.17, 15) is 72.5 Å². The Morgan fingerprint density at radius 1 is 0.477 bits per heavy atom. The van der Waals surface area contributed by atoms with Crippen molar-refractivity contribution in [3.05, 3.63) is 196 Å². The van der Waals surface area contributed by atoms with Gasteiger partial charge >= 0.3 is 44.0 Å². The Kier molecular flexibility index (Phi) is 22.0. The minimum absolute atomic E-state index is 0.194. The second kappa shape index (κ2) is 28.1. The zero-order valence-electron chi connectivity index (χ0n) is 48.4. The van der Waals surface area contributed by atoms with Crippen molar-refractivity contribution in [1.82, 2.24) is 9.80 Å². The van der Waals surface area contributed by atoms with Crippen molar-refractivity contribution in [3.8, 4) is 11.1 Å². The lowest BCUT2D eigenvalue weighted by atomic mass is 9.77. The van der Waals surface area contributed by atoms with Crippen LogP contribution in [0.4, 0.5) is 62.3 Å². The molecule has 0 radical (unpaired) electrons. The van der Waals surface area contributed by atoms with Crippen LogP contribution in [-0.2, 0) is 56.0 Å². The van der Waals surface area contributed by atoms with Crippen molar-refractivity contribution in [1.29, 1.82) is 0 Å². The first-order valence-electron chi connectivity index (χ1n) is 28.1. The fourth-order valence-electron chi connectivity index (χ4n) is 10.1. The molecule has 0 aliphatic carbocycles. The monoisotopic (exact) mass is 1310 g/mol. The highest BCUT2D eigenvalue weighted by Gasteiger charge is 2.72. The van der Waals surface area contributed by atoms with E-state index in [0.717, 1.165) is 97.0 Å². The number of alkyl halides is 12. The van der Waals surface area contributed by atoms with Crippen molar-refractivity contribution >= 4 is 40.7 Å². The van der Waals surface area contributed by atoms with E-state index in [1.54, 1.807) is 44.7 Å². The quantitative estimate of drug-likeness (QED) is 0.0919. The summed E-state index contributed by atoms with van der Waals surface area (Å²) in [5, 5.41) is 18.9. The molecule has 0 aromatic heterocycles. The van der Waals surface area contributed by atoms with Gasteiger partial charge in [0.05, 0.1) is 11.2 Å². The summed E-state index contributed by atoms with van der Waals surface area (Å²) in [6.07, 6.45) is -18.7. The number of hydrogen-bond donors (Lipinski definition) is 2. The van der Waals surface area contributed by atoms with Crippen molar-refractivity contribution in [2.45, 2.75) is 127 Å². The Hall–Kier alpha value is -6.60. The summed E-state index contributed by atoms with van der Waals surface area (Å²) in [5.74, 6) is 1.00. The molecule has 2 amide bonds. The Labute approximate surface area is 511 Å². The zero-order valence-corrected chi connectivity index (χ0v) is 50.0. The van der Waals surface area contributed by atoms with E-state index in [0.29, 0.717) is 66.9 Å². The maximum absolute atomic E-state index is 13.1. The highest BCUT2D eigenvalue weighted by Crippen LogP contribution is 2.51. The Morgan fingerprint density at radius 2 is 0.784 bits per heavy atom. The van der Waals surface area contributed by atoms with Gasteiger partial charge in [0.25, 0.3) is 11.2 Å². The predicted octanol–water partition coefficient (Wildman–Crippen LogP) is 15.6. The normalized spacial score (nSPS) is 16.9. The van der Waals surface area contributed by atoms with E-state index in [-0.39, 0.29) is 24.3 Å². The molecule has 474 valence electrons. The molecule has 3 saturated heterocycles. The number of ether oxygens (including phenoxy) is 2. The lowest BCUT2D eigenvalue weighted by Gasteiger charge is -2.32. The number of piperidine rings is 2. The second-order valence-corrected chi connectivity index (χ2v) is 23.8. The summed E-state index contributed by atoms with van der Waals surface area (Å²) in [6.45, 7) is 10.3. The number of nitrogens with zero attached hydrogens (tertiary/aromatic N) is 2. The fourth-order valence-corrected chi connectivity index (χ4v) is 10.4. The van der Waals surface area contributed by atoms with Crippen LogP contribution in [0, 0.1) is 11.8 Å². The summed E-state index contributed by atoms with van der Waals surface area (Å²) >= 11 is 3.47. The molecule has 10 nitrogen and oxygen atoms in total. The average molecular weight is 1310 g/mol. The summed E-state index contributed by atoms with van der Waals surface area (Å²) in [7, 11) is -0.941. The van der Waals surface area contributed by atoms with Crippen molar-refractivity contribution in [3.63, 3.8) is 0 Å². The number of carbonyl (C=O) groups is 2. The molecule has 0 saturated carbocycles. The second-order valence-electron chi connectivity index (χ2n) is 22.9. The van der Waals surface area contributed by atoms with E-state index >= 15 is 0 Å². The minimum Gasteiger partial charge on any atom is -0.445 e. The first kappa shape index (κ1) is 68.9. The van der Waals surface area contributed by atoms with Crippen LogP contribution in [0.15, 0.2) is 162 Å². The van der Waals surface area contributed by atoms with Gasteiger partial charge in [-0.2, -0.15) is 52.7 Å². The molecule has 3 aliphatic heterocycles. The number of hydrogen-bond acceptors (Lipinski definition) is 8. The van der Waals surface area contributed by atoms with Gasteiger partial charge in [-0.1, -0.05) is 162 Å². The zero-order chi connectivity index (χ0) is 64.5. The molecule has 3 fully saturated rings. The van der Waals surface area contributed by atoms with E-state index in [1.807, 2.05) is 77.7 Å². The topological polar surface area (TPSA) is 118 Å². The molecule has 0 atom stereocenters. The van der Waals surface area contributed by atoms with Crippen LogP contribution in [-0.4, -0.2) is 101 Å². The molecular weight excluding hydrogens is 1240 g/mol. The number of aliphatic hydroxyl groups is 2. The molecule has 6 aromatic carbocycles. The number of halogens is 13. The number of carbonyl (C=O) groups excluding carboxylic acids is 2. The highest BCUT2D eigenvalue weighted by atomic mass is 79.9. The van der Waals surface area contributed by atoms with Gasteiger partial charge < -0.3 is 38.8 Å². The number of rotatable bonds is 12. The molecule has 24 heteroatoms. The van der Waals surface area contributed by atoms with E-state index in [4.69, 9.17) is 18.8 Å². The van der Waals surface area contributed by atoms with E-state index < -0.39 is 65.4 Å². The maximum atomic E-state index is 13.1. The standard InChI is InChI=1S/C29H27F6NO3.C20H22BrNO2.C15H17BF6O3/c30-28(31,32)27(38,29(33,34)35)25-12-10-24(11-13-25)23-8-6-20(7-9-23)18-21-14-16-36(17-15-21)26(37)39-19-22-4-2-1-3-5-22;21-19-8-6-16(7-9-19)14-17-10-12-22(13-11-17)20(23)24-15-18-4-2-1-3-5-18;1-11(2)12(3,4)25-16(24-11)10-7-5-9(6-8-10)13(23,14(17,18)19)15(20,21)22/h1-13,21,38H,14-19H2;1-9,17H,10-15H2;5-8,23H,1-4H3. The molecule has 0 unspecified atom stereocenters. The SMILES string of the molecule is CC1(C)OB(c2ccc(C(O)(C(F)(F)F)C(F)(F)F)cc2)OC1(C)C.O=C(OCc1ccccc1)N1CCC(Cc2ccc(-c3ccc(C(O)(C(F)(F)F)C(F)(F)F)cc3)cc2)CC1.O=C(OCc1ccccc1)N1CCC(Cc2ccc(Br)cc2)CC1. The number of likely N-dealkylation sites (tertiary alicyclic amines) is 2. The smallest absolute Gasteiger partial charge is 0.445 e. The van der Waals surface area contributed by atoms with Crippen LogP contribution in [0.3, 0.4) is 0 Å². The Balaban J connectivity index is 0.000000197. The average Bonchev–Trinajstić information content (AvgIpc) is 0.828. The largest absolute Gasteiger partial charge is 0.494 e. The highest BCUT2D eigenvalue weighted by molar-refractivity contribution is 9.10. The Bertz CT molecular complexity index is 3150. The van der Waals surface area contributed by atoms with E-state index in [1.165, 1.54) is 5.56 Å². The molecule has 0 spiro atoms. The van der Waals surface area contributed by atoms with Crippen LogP contribution in [0.5, 0.6) is 0 Å². The summed E-state index contributed by atoms with van der Waals surface area (Å²) in [4.78, 5) is 28.1. The molecule has 3 heterocycles. The molecular formula is C64H66BBrF12N2O8. The van der Waals surface area contributed by atoms with Crippen LogP contribution >= 0.6 is 15.9 Å². The van der Waals surface area contributed by atoms with Crippen molar-refractivity contribution in [2.75, 3.05) is 26.2 Å². The third-order valence-electron chi connectivity index (χ3n) is 16.2. The van der Waals surface area contributed by atoms with Crippen molar-refractivity contribution < 1.29 is 91.3 Å². The van der Waals surface area contributed by atoms with Gasteiger partial charge in [0.15, 0.2) is 0 Å². The van der Waals surface area contributed by atoms with E-state index in [2.05, 4.69) is 40.2 Å². The predicted molar refractivity (Wildman–Crippen MR) is 309 cm³/mol. The third kappa shape index (κ3) is 16.8. The van der Waals surface area contributed by atoms with Gasteiger partial charge in [-0.15, -0.1) is 0 Å². The molecule has 3 aliphatic rings. The number of amides is 2. The number of benzene rings is 6. The first-order valence-corrected chi connectivity index (χ1v) is 28.9. The van der Waals surface area contributed by atoms with Gasteiger partial charge in [-0.25, -0.2) is 9.59 Å². The summed E-state index contributed by atoms with van der Waals surface area (Å²) < 4.78 is 179. The lowest BCUT2D eigenvalue weighted by Crippen LogP contribution is -2.54. The summed E-state index contributed by atoms with van der Waals surface area (Å²) in [5.41, 5.74) is -8.33. The molecule has 6 aromatic rings. The fraction of sp³-hybridized carbons (Fsp3) is 0.406. The lowest BCUT2D eigenvalue weighted by molar-refractivity contribution is -0.376. The maximum Gasteiger partial charge on any atom is 0.494 e. The molecule has 88 heavy (non-hydrogen) atoms. The first-order chi connectivity index (χ1) is 41.1. The van der Waals surface area contributed by atoms with Gasteiger partial charge in [0, 0.05) is 41.8 Å². The minimum atomic E-state index is -5.92. The molecule has 9 rings (SSSR count). The molecule has 2 N–H and O–H groups in total. The van der Waals surface area contributed by atoms with Gasteiger partial charge in [-0.3, -0.25) is 0 Å². The van der Waals surface area contributed by atoms with Crippen LogP contribution in [0.1, 0.15) is 86.8 Å². The van der Waals surface area contributed by atoms with Gasteiger partial charge in [0.1, 0.15) is 13.2 Å². The van der Waals surface area contributed by atoms with Crippen molar-refractivity contribution in [2.24, 2.45) is 11.8 Å². The summed E-state index contributed by atoms with van der Waals surface area (Å²) in [6, 6.07) is 41.7. The van der Waals surface area contributed by atoms with Gasteiger partial charge in [0.2, 0.25) is 0 Å². The third-order valence-corrected chi connectivity index (χ3v) is 16.7. The van der Waals surface area contributed by atoms with Crippen LogP contribution in [0.25, 0.3) is 11.1 Å².